The van der Waals surface area contributed by atoms with Crippen molar-refractivity contribution in [3.05, 3.63) is 35.4 Å². The van der Waals surface area contributed by atoms with Crippen LogP contribution in [0.25, 0.3) is 0 Å². The summed E-state index contributed by atoms with van der Waals surface area (Å²) in [6, 6.07) is 3.51. The molecule has 0 atom stereocenters. The van der Waals surface area contributed by atoms with Gasteiger partial charge < -0.3 is 14.6 Å². The first-order chi connectivity index (χ1) is 8.44. The van der Waals surface area contributed by atoms with Gasteiger partial charge >= 0.3 is 0 Å². The lowest BCUT2D eigenvalue weighted by Gasteiger charge is -2.19. The summed E-state index contributed by atoms with van der Waals surface area (Å²) in [6.07, 6.45) is 2.45. The first-order valence-electron chi connectivity index (χ1n) is 5.68. The number of hydrogen-bond acceptors (Lipinski definition) is 3. The van der Waals surface area contributed by atoms with Crippen LogP contribution in [0.4, 0.5) is 8.78 Å². The van der Waals surface area contributed by atoms with E-state index < -0.39 is 17.6 Å². The molecule has 6 heteroatoms. The van der Waals surface area contributed by atoms with Crippen LogP contribution in [0.1, 0.15) is 31.2 Å². The van der Waals surface area contributed by atoms with Gasteiger partial charge in [0.25, 0.3) is 16.5 Å². The van der Waals surface area contributed by atoms with Gasteiger partial charge in [-0.25, -0.2) is 8.78 Å². The number of rotatable bonds is 7. The molecule has 0 aliphatic rings. The summed E-state index contributed by atoms with van der Waals surface area (Å²) in [6.45, 7) is 0. The van der Waals surface area contributed by atoms with Gasteiger partial charge in [-0.2, -0.15) is 0 Å². The van der Waals surface area contributed by atoms with E-state index in [1.54, 1.807) is 0 Å². The summed E-state index contributed by atoms with van der Waals surface area (Å²) >= 11 is 0. The molecule has 0 saturated heterocycles. The summed E-state index contributed by atoms with van der Waals surface area (Å²) in [5.74, 6) is -3.30. The van der Waals surface area contributed by atoms with Crippen molar-refractivity contribution in [3.63, 3.8) is 0 Å². The maximum atomic E-state index is 13.3. The van der Waals surface area contributed by atoms with E-state index in [-0.39, 0.29) is 6.42 Å². The van der Waals surface area contributed by atoms with Gasteiger partial charge in [0, 0.05) is 12.5 Å². The number of aliphatic hydroxyl groups is 2. The predicted octanol–water partition coefficient (Wildman–Crippen LogP) is 1.81. The van der Waals surface area contributed by atoms with Crippen molar-refractivity contribution in [1.29, 1.82) is 0 Å². The molecule has 0 bridgehead atoms. The number of aryl methyl sites for hydroxylation is 1. The van der Waals surface area contributed by atoms with E-state index in [4.69, 9.17) is 10.2 Å². The van der Waals surface area contributed by atoms with E-state index in [0.717, 1.165) is 6.07 Å². The van der Waals surface area contributed by atoms with Crippen molar-refractivity contribution in [2.75, 3.05) is 0 Å². The minimum absolute atomic E-state index is 0.0579. The first-order valence-corrected chi connectivity index (χ1v) is 6.09. The molecular weight excluding hydrogens is 258 g/mol. The molecule has 1 aromatic rings. The van der Waals surface area contributed by atoms with Gasteiger partial charge in [0.05, 0.1) is 0 Å². The zero-order valence-corrected chi connectivity index (χ0v) is 10.8. The van der Waals surface area contributed by atoms with Crippen LogP contribution in [0.15, 0.2) is 18.2 Å². The van der Waals surface area contributed by atoms with Crippen LogP contribution in [0.3, 0.4) is 0 Å². The Hall–Kier alpha value is -0.823. The van der Waals surface area contributed by atoms with E-state index in [0.29, 0.717) is 31.2 Å². The molecule has 0 heterocycles. The van der Waals surface area contributed by atoms with Gasteiger partial charge in [-0.3, -0.25) is 0 Å². The Morgan fingerprint density at radius 2 is 1.89 bits per heavy atom. The van der Waals surface area contributed by atoms with Gasteiger partial charge in [0.2, 0.25) is 0 Å². The van der Waals surface area contributed by atoms with E-state index in [2.05, 4.69) is 14.9 Å². The fraction of sp³-hybridized carbons (Fsp3) is 0.500. The average molecular weight is 273 g/mol. The van der Waals surface area contributed by atoms with E-state index >= 15 is 0 Å². The zero-order chi connectivity index (χ0) is 13.6. The lowest BCUT2D eigenvalue weighted by Crippen LogP contribution is -2.30. The quantitative estimate of drug-likeness (QED) is 0.452. The van der Waals surface area contributed by atoms with Gasteiger partial charge in [-0.05, 0) is 30.9 Å². The highest BCUT2D eigenvalue weighted by atomic mass is 28.2. The maximum Gasteiger partial charge on any atom is 0.267 e. The largest absolute Gasteiger partial charge is 0.371 e. The molecular formula is C12H15F2O3Si. The molecule has 0 aliphatic heterocycles. The summed E-state index contributed by atoms with van der Waals surface area (Å²) in [5.41, 5.74) is 0.465. The Morgan fingerprint density at radius 3 is 2.50 bits per heavy atom. The highest BCUT2D eigenvalue weighted by molar-refractivity contribution is 5.98. The third-order valence-electron chi connectivity index (χ3n) is 2.63. The molecule has 0 spiro atoms. The average Bonchev–Trinajstić information content (AvgIpc) is 2.31. The number of halogens is 2. The van der Waals surface area contributed by atoms with Crippen LogP contribution in [-0.4, -0.2) is 26.7 Å². The Morgan fingerprint density at radius 1 is 1.17 bits per heavy atom. The second-order valence-corrected chi connectivity index (χ2v) is 4.35. The highest BCUT2D eigenvalue weighted by Gasteiger charge is 2.20. The zero-order valence-electron chi connectivity index (χ0n) is 9.83. The SMILES string of the molecule is OC(O)(CCCCCc1ccc(F)cc1F)O[Si]. The van der Waals surface area contributed by atoms with Crippen molar-refractivity contribution in [2.45, 2.75) is 38.1 Å². The van der Waals surface area contributed by atoms with Crippen LogP contribution in [0, 0.1) is 11.6 Å². The fourth-order valence-corrected chi connectivity index (χ4v) is 1.73. The minimum Gasteiger partial charge on any atom is -0.371 e. The highest BCUT2D eigenvalue weighted by Crippen LogP contribution is 2.16. The Labute approximate surface area is 108 Å². The third kappa shape index (κ3) is 5.22. The molecule has 0 unspecified atom stereocenters. The molecule has 3 nitrogen and oxygen atoms in total. The van der Waals surface area contributed by atoms with Crippen molar-refractivity contribution < 1.29 is 23.4 Å². The molecule has 0 amide bonds. The molecule has 2 N–H and O–H groups in total. The minimum atomic E-state index is -2.17. The van der Waals surface area contributed by atoms with E-state index in [1.165, 1.54) is 12.1 Å². The Kier molecular flexibility index (Phi) is 5.87. The van der Waals surface area contributed by atoms with Crippen LogP contribution < -0.4 is 0 Å². The van der Waals surface area contributed by atoms with Crippen molar-refractivity contribution in [2.24, 2.45) is 0 Å². The molecule has 0 saturated carbocycles. The summed E-state index contributed by atoms with van der Waals surface area (Å²) in [4.78, 5) is 0. The first kappa shape index (κ1) is 15.2. The lowest BCUT2D eigenvalue weighted by molar-refractivity contribution is -0.295. The van der Waals surface area contributed by atoms with Crippen LogP contribution >= 0.6 is 0 Å². The molecule has 18 heavy (non-hydrogen) atoms. The third-order valence-corrected chi connectivity index (χ3v) is 2.95. The molecule has 1 rings (SSSR count). The smallest absolute Gasteiger partial charge is 0.267 e. The standard InChI is InChI=1S/C12H15F2O3Si/c13-10-6-5-9(11(14)8-10)4-2-1-3-7-12(15,16)17-18/h5-6,8,15-16H,1-4,7H2. The molecule has 3 radical (unpaired) electrons. The number of hydrogen-bond donors (Lipinski definition) is 2. The predicted molar refractivity (Wildman–Crippen MR) is 62.5 cm³/mol. The molecule has 99 valence electrons. The van der Waals surface area contributed by atoms with Crippen molar-refractivity contribution >= 4 is 10.5 Å². The van der Waals surface area contributed by atoms with Crippen molar-refractivity contribution in [3.8, 4) is 0 Å². The number of unbranched alkanes of at least 4 members (excludes halogenated alkanes) is 2. The lowest BCUT2D eigenvalue weighted by atomic mass is 10.1. The Bertz CT molecular complexity index is 386. The summed E-state index contributed by atoms with van der Waals surface area (Å²) in [7, 11) is 2.56. The molecule has 0 fully saturated rings. The molecule has 0 aliphatic carbocycles. The second kappa shape index (κ2) is 6.94. The maximum absolute atomic E-state index is 13.3. The fourth-order valence-electron chi connectivity index (χ4n) is 1.62. The Balaban J connectivity index is 2.26. The van der Waals surface area contributed by atoms with Crippen LogP contribution in [0.2, 0.25) is 0 Å². The molecule has 1 aromatic carbocycles. The molecule has 0 aromatic heterocycles. The number of benzene rings is 1. The van der Waals surface area contributed by atoms with Gasteiger partial charge in [-0.1, -0.05) is 12.5 Å². The van der Waals surface area contributed by atoms with E-state index in [1.807, 2.05) is 0 Å². The summed E-state index contributed by atoms with van der Waals surface area (Å²) in [5, 5.41) is 18.2. The normalized spacial score (nSPS) is 11.8. The van der Waals surface area contributed by atoms with Crippen LogP contribution in [-0.2, 0) is 10.8 Å². The summed E-state index contributed by atoms with van der Waals surface area (Å²) < 4.78 is 30.2. The van der Waals surface area contributed by atoms with Crippen molar-refractivity contribution in [1.82, 2.24) is 0 Å². The van der Waals surface area contributed by atoms with Gasteiger partial charge in [0.15, 0.2) is 0 Å². The van der Waals surface area contributed by atoms with E-state index in [9.17, 15) is 8.78 Å². The van der Waals surface area contributed by atoms with Gasteiger partial charge in [-0.15, -0.1) is 0 Å². The second-order valence-electron chi connectivity index (χ2n) is 4.14. The van der Waals surface area contributed by atoms with Gasteiger partial charge in [0.1, 0.15) is 11.6 Å². The monoisotopic (exact) mass is 273 g/mol. The van der Waals surface area contributed by atoms with Crippen LogP contribution in [0.5, 0.6) is 0 Å². The topological polar surface area (TPSA) is 49.7 Å².